The van der Waals surface area contributed by atoms with Crippen LogP contribution < -0.4 is 0 Å². The van der Waals surface area contributed by atoms with E-state index in [1.165, 1.54) is 19.3 Å². The summed E-state index contributed by atoms with van der Waals surface area (Å²) in [5.41, 5.74) is 0.169. The van der Waals surface area contributed by atoms with Gasteiger partial charge in [-0.15, -0.1) is 0 Å². The fourth-order valence-electron chi connectivity index (χ4n) is 2.80. The Hall–Kier alpha value is -1.05. The predicted molar refractivity (Wildman–Crippen MR) is 63.2 cm³/mol. The van der Waals surface area contributed by atoms with Crippen LogP contribution in [0.15, 0.2) is 22.8 Å². The molecular formula is C14H20O2. The maximum Gasteiger partial charge on any atom is 0.144 e. The number of hydrogen-bond acceptors (Lipinski definition) is 2. The van der Waals surface area contributed by atoms with Crippen LogP contribution in [0.4, 0.5) is 0 Å². The summed E-state index contributed by atoms with van der Waals surface area (Å²) < 4.78 is 5.24. The Morgan fingerprint density at radius 3 is 2.94 bits per heavy atom. The van der Waals surface area contributed by atoms with Crippen LogP contribution in [-0.4, -0.2) is 5.78 Å². The van der Waals surface area contributed by atoms with E-state index in [9.17, 15) is 4.79 Å². The van der Waals surface area contributed by atoms with E-state index >= 15 is 0 Å². The minimum absolute atomic E-state index is 0.169. The van der Waals surface area contributed by atoms with Crippen molar-refractivity contribution in [3.05, 3.63) is 24.2 Å². The first-order valence-corrected chi connectivity index (χ1v) is 6.15. The van der Waals surface area contributed by atoms with E-state index in [2.05, 4.69) is 13.8 Å². The van der Waals surface area contributed by atoms with Crippen LogP contribution in [0.2, 0.25) is 0 Å². The molecule has 88 valence electrons. The molecule has 0 bridgehead atoms. The summed E-state index contributed by atoms with van der Waals surface area (Å²) >= 11 is 0. The number of furan rings is 1. The largest absolute Gasteiger partial charge is 0.469 e. The first kappa shape index (κ1) is 11.4. The number of Topliss-reactive ketones (excluding diaryl/α,β-unsaturated/α-hetero) is 1. The average molecular weight is 220 g/mol. The summed E-state index contributed by atoms with van der Waals surface area (Å²) in [5, 5.41) is 0. The highest BCUT2D eigenvalue weighted by Gasteiger charge is 2.36. The Kier molecular flexibility index (Phi) is 3.17. The van der Waals surface area contributed by atoms with Gasteiger partial charge in [0.25, 0.3) is 0 Å². The van der Waals surface area contributed by atoms with Crippen LogP contribution >= 0.6 is 0 Å². The standard InChI is InChI=1S/C14H20O2/c1-14(2)8-4-3-7-12(14)13(15)10-11-6-5-9-16-11/h5-6,9,12H,3-4,7-8,10H2,1-2H3. The summed E-state index contributed by atoms with van der Waals surface area (Å²) in [5.74, 6) is 1.36. The molecular weight excluding hydrogens is 200 g/mol. The highest BCUT2D eigenvalue weighted by atomic mass is 16.3. The van der Waals surface area contributed by atoms with Gasteiger partial charge < -0.3 is 4.42 Å². The van der Waals surface area contributed by atoms with Gasteiger partial charge in [0.15, 0.2) is 0 Å². The van der Waals surface area contributed by atoms with Gasteiger partial charge >= 0.3 is 0 Å². The summed E-state index contributed by atoms with van der Waals surface area (Å²) in [6, 6.07) is 3.72. The van der Waals surface area contributed by atoms with Crippen molar-refractivity contribution in [1.29, 1.82) is 0 Å². The van der Waals surface area contributed by atoms with Crippen molar-refractivity contribution >= 4 is 5.78 Å². The molecule has 16 heavy (non-hydrogen) atoms. The number of hydrogen-bond donors (Lipinski definition) is 0. The van der Waals surface area contributed by atoms with Crippen LogP contribution in [0, 0.1) is 11.3 Å². The normalized spacial score (nSPS) is 24.2. The van der Waals surface area contributed by atoms with Crippen molar-refractivity contribution in [3.8, 4) is 0 Å². The van der Waals surface area contributed by atoms with Crippen molar-refractivity contribution in [1.82, 2.24) is 0 Å². The Bertz CT molecular complexity index is 349. The zero-order chi connectivity index (χ0) is 11.6. The van der Waals surface area contributed by atoms with E-state index in [1.54, 1.807) is 6.26 Å². The molecule has 1 aliphatic rings. The van der Waals surface area contributed by atoms with Crippen LogP contribution in [0.3, 0.4) is 0 Å². The predicted octanol–water partition coefficient (Wildman–Crippen LogP) is 3.61. The molecule has 1 aromatic rings. The monoisotopic (exact) mass is 220 g/mol. The number of carbonyl (C=O) groups is 1. The van der Waals surface area contributed by atoms with Gasteiger partial charge in [-0.05, 0) is 30.4 Å². The molecule has 0 N–H and O–H groups in total. The molecule has 0 saturated heterocycles. The minimum atomic E-state index is 0.169. The number of ketones is 1. The third-order valence-corrected chi connectivity index (χ3v) is 3.82. The Morgan fingerprint density at radius 1 is 1.50 bits per heavy atom. The van der Waals surface area contributed by atoms with Crippen molar-refractivity contribution in [3.63, 3.8) is 0 Å². The number of rotatable bonds is 3. The van der Waals surface area contributed by atoms with Crippen molar-refractivity contribution in [2.24, 2.45) is 11.3 Å². The lowest BCUT2D eigenvalue weighted by molar-refractivity contribution is -0.127. The molecule has 0 aliphatic heterocycles. The van der Waals surface area contributed by atoms with E-state index < -0.39 is 0 Å². The third-order valence-electron chi connectivity index (χ3n) is 3.82. The maximum absolute atomic E-state index is 12.2. The van der Waals surface area contributed by atoms with Gasteiger partial charge in [-0.1, -0.05) is 26.7 Å². The number of carbonyl (C=O) groups excluding carboxylic acids is 1. The van der Waals surface area contributed by atoms with Gasteiger partial charge in [-0.25, -0.2) is 0 Å². The third kappa shape index (κ3) is 2.37. The highest BCUT2D eigenvalue weighted by Crippen LogP contribution is 2.41. The Labute approximate surface area is 97.0 Å². The molecule has 0 aromatic carbocycles. The van der Waals surface area contributed by atoms with Crippen molar-refractivity contribution in [2.45, 2.75) is 46.0 Å². The minimum Gasteiger partial charge on any atom is -0.469 e. The van der Waals surface area contributed by atoms with E-state index in [4.69, 9.17) is 4.42 Å². The smallest absolute Gasteiger partial charge is 0.144 e. The maximum atomic E-state index is 12.2. The molecule has 1 atom stereocenters. The quantitative estimate of drug-likeness (QED) is 0.779. The van der Waals surface area contributed by atoms with E-state index in [1.807, 2.05) is 12.1 Å². The SMILES string of the molecule is CC1(C)CCCCC1C(=O)Cc1ccco1. The topological polar surface area (TPSA) is 30.2 Å². The van der Waals surface area contributed by atoms with E-state index in [-0.39, 0.29) is 11.3 Å². The van der Waals surface area contributed by atoms with Crippen molar-refractivity contribution < 1.29 is 9.21 Å². The second kappa shape index (κ2) is 4.44. The first-order chi connectivity index (χ1) is 7.59. The molecule has 2 heteroatoms. The molecule has 1 heterocycles. The fourth-order valence-corrected chi connectivity index (χ4v) is 2.80. The van der Waals surface area contributed by atoms with Gasteiger partial charge in [-0.3, -0.25) is 4.79 Å². The molecule has 1 fully saturated rings. The highest BCUT2D eigenvalue weighted by molar-refractivity contribution is 5.83. The second-order valence-corrected chi connectivity index (χ2v) is 5.51. The van der Waals surface area contributed by atoms with Gasteiger partial charge in [0, 0.05) is 5.92 Å². The second-order valence-electron chi connectivity index (χ2n) is 5.51. The molecule has 0 amide bonds. The van der Waals surface area contributed by atoms with Gasteiger partial charge in [0.1, 0.15) is 11.5 Å². The molecule has 0 spiro atoms. The van der Waals surface area contributed by atoms with Gasteiger partial charge in [0.2, 0.25) is 0 Å². The lowest BCUT2D eigenvalue weighted by atomic mass is 9.66. The molecule has 2 nitrogen and oxygen atoms in total. The van der Waals surface area contributed by atoms with E-state index in [0.29, 0.717) is 12.2 Å². The summed E-state index contributed by atoms with van der Waals surface area (Å²) in [6.45, 7) is 4.44. The van der Waals surface area contributed by atoms with Gasteiger partial charge in [-0.2, -0.15) is 0 Å². The fraction of sp³-hybridized carbons (Fsp3) is 0.643. The van der Waals surface area contributed by atoms with Crippen LogP contribution in [0.25, 0.3) is 0 Å². The molecule has 2 rings (SSSR count). The molecule has 1 aliphatic carbocycles. The molecule has 1 aromatic heterocycles. The lowest BCUT2D eigenvalue weighted by Crippen LogP contribution is -2.34. The molecule has 1 unspecified atom stereocenters. The van der Waals surface area contributed by atoms with Crippen molar-refractivity contribution in [2.75, 3.05) is 0 Å². The molecule has 0 radical (unpaired) electrons. The van der Waals surface area contributed by atoms with Crippen LogP contribution in [0.5, 0.6) is 0 Å². The van der Waals surface area contributed by atoms with E-state index in [0.717, 1.165) is 12.2 Å². The zero-order valence-corrected chi connectivity index (χ0v) is 10.2. The first-order valence-electron chi connectivity index (χ1n) is 6.15. The van der Waals surface area contributed by atoms with Gasteiger partial charge in [0.05, 0.1) is 12.7 Å². The van der Waals surface area contributed by atoms with Crippen LogP contribution in [-0.2, 0) is 11.2 Å². The lowest BCUT2D eigenvalue weighted by Gasteiger charge is -2.37. The Balaban J connectivity index is 2.03. The summed E-state index contributed by atoms with van der Waals surface area (Å²) in [6.07, 6.45) is 6.76. The average Bonchev–Trinajstić information content (AvgIpc) is 2.69. The zero-order valence-electron chi connectivity index (χ0n) is 10.2. The molecule has 1 saturated carbocycles. The Morgan fingerprint density at radius 2 is 2.31 bits per heavy atom. The van der Waals surface area contributed by atoms with Crippen LogP contribution in [0.1, 0.15) is 45.3 Å². The summed E-state index contributed by atoms with van der Waals surface area (Å²) in [7, 11) is 0. The summed E-state index contributed by atoms with van der Waals surface area (Å²) in [4.78, 5) is 12.2.